The van der Waals surface area contributed by atoms with Gasteiger partial charge < -0.3 is 4.98 Å². The van der Waals surface area contributed by atoms with E-state index in [2.05, 4.69) is 35.6 Å². The number of aromatic nitrogens is 2. The summed E-state index contributed by atoms with van der Waals surface area (Å²) < 4.78 is 0. The van der Waals surface area contributed by atoms with E-state index in [4.69, 9.17) is 4.98 Å². The van der Waals surface area contributed by atoms with Gasteiger partial charge in [-0.05, 0) is 36.8 Å². The van der Waals surface area contributed by atoms with E-state index in [1.54, 1.807) is 0 Å². The van der Waals surface area contributed by atoms with E-state index < -0.39 is 0 Å². The van der Waals surface area contributed by atoms with Gasteiger partial charge in [-0.1, -0.05) is 24.3 Å². The quantitative estimate of drug-likeness (QED) is 0.476. The lowest BCUT2D eigenvalue weighted by molar-refractivity contribution is 0.390. The molecule has 0 bridgehead atoms. The molecule has 2 aromatic carbocycles. The lowest BCUT2D eigenvalue weighted by atomic mass is 10.1. The molecule has 0 aliphatic rings. The van der Waals surface area contributed by atoms with Gasteiger partial charge in [0.2, 0.25) is 0 Å². The molecule has 2 heterocycles. The lowest BCUT2D eigenvalue weighted by Gasteiger charge is -2.06. The molecule has 0 aliphatic heterocycles. The molecule has 4 aromatic rings. The van der Waals surface area contributed by atoms with E-state index in [1.807, 2.05) is 36.5 Å². The number of pyridine rings is 1. The van der Waals surface area contributed by atoms with E-state index >= 15 is 0 Å². The van der Waals surface area contributed by atoms with Gasteiger partial charge in [0.05, 0.1) is 16.9 Å². The minimum absolute atomic E-state index is 0.659. The van der Waals surface area contributed by atoms with Crippen molar-refractivity contribution >= 4 is 27.5 Å². The number of H-pyrrole nitrogens is 1. The molecule has 0 radical (unpaired) electrons. The molecule has 0 aliphatic carbocycles. The van der Waals surface area contributed by atoms with Crippen LogP contribution in [0.5, 0.6) is 0 Å². The van der Waals surface area contributed by atoms with Gasteiger partial charge >= 0.3 is 0 Å². The summed E-state index contributed by atoms with van der Waals surface area (Å²) in [5, 5.41) is 11.2. The van der Waals surface area contributed by atoms with Crippen molar-refractivity contribution in [1.29, 1.82) is 0 Å². The SMILES string of the molecule is Cc1cccc2c(-c3ccc4c(NO)cccc4n3)c[nH]c12. The second kappa shape index (κ2) is 4.86. The predicted molar refractivity (Wildman–Crippen MR) is 89.2 cm³/mol. The fraction of sp³-hybridized carbons (Fsp3) is 0.0556. The summed E-state index contributed by atoms with van der Waals surface area (Å²) in [6.07, 6.45) is 2.00. The zero-order valence-corrected chi connectivity index (χ0v) is 12.1. The molecule has 2 aromatic heterocycles. The van der Waals surface area contributed by atoms with Crippen LogP contribution in [0.4, 0.5) is 5.69 Å². The minimum Gasteiger partial charge on any atom is -0.360 e. The topological polar surface area (TPSA) is 60.9 Å². The minimum atomic E-state index is 0.659. The average molecular weight is 289 g/mol. The first-order valence-corrected chi connectivity index (χ1v) is 7.15. The molecule has 4 heteroatoms. The molecule has 0 amide bonds. The van der Waals surface area contributed by atoms with Gasteiger partial charge in [0.15, 0.2) is 0 Å². The van der Waals surface area contributed by atoms with Crippen molar-refractivity contribution in [3.63, 3.8) is 0 Å². The molecule has 0 saturated heterocycles. The number of para-hydroxylation sites is 1. The van der Waals surface area contributed by atoms with E-state index in [0.29, 0.717) is 5.69 Å². The van der Waals surface area contributed by atoms with E-state index in [-0.39, 0.29) is 0 Å². The van der Waals surface area contributed by atoms with Crippen LogP contribution in [0, 0.1) is 6.92 Å². The van der Waals surface area contributed by atoms with Crippen molar-refractivity contribution in [1.82, 2.24) is 9.97 Å². The van der Waals surface area contributed by atoms with E-state index in [0.717, 1.165) is 27.7 Å². The maximum atomic E-state index is 9.18. The standard InChI is InChI=1S/C18H15N3O/c1-11-4-2-5-12-14(10-19-18(11)12)16-9-8-13-15(20-16)6-3-7-17(13)21-22/h2-10,19,21-22H,1H3. The summed E-state index contributed by atoms with van der Waals surface area (Å²) in [5.41, 5.74) is 8.08. The molecule has 0 spiro atoms. The molecule has 0 saturated carbocycles. The van der Waals surface area contributed by atoms with Gasteiger partial charge in [-0.2, -0.15) is 0 Å². The second-order valence-corrected chi connectivity index (χ2v) is 5.38. The van der Waals surface area contributed by atoms with Crippen LogP contribution in [0.3, 0.4) is 0 Å². The second-order valence-electron chi connectivity index (χ2n) is 5.38. The number of fused-ring (bicyclic) bond motifs is 2. The molecule has 0 fully saturated rings. The van der Waals surface area contributed by atoms with Gasteiger partial charge in [0, 0.05) is 28.0 Å². The third kappa shape index (κ3) is 1.85. The first-order valence-electron chi connectivity index (χ1n) is 7.15. The fourth-order valence-corrected chi connectivity index (χ4v) is 2.92. The van der Waals surface area contributed by atoms with Crippen LogP contribution in [-0.4, -0.2) is 15.2 Å². The molecule has 4 rings (SSSR count). The van der Waals surface area contributed by atoms with Gasteiger partial charge in [-0.25, -0.2) is 4.98 Å². The Kier molecular flexibility index (Phi) is 2.84. The van der Waals surface area contributed by atoms with Crippen LogP contribution < -0.4 is 5.48 Å². The van der Waals surface area contributed by atoms with Gasteiger partial charge in [-0.15, -0.1) is 0 Å². The highest BCUT2D eigenvalue weighted by atomic mass is 16.5. The summed E-state index contributed by atoms with van der Waals surface area (Å²) in [6, 6.07) is 15.8. The summed E-state index contributed by atoms with van der Waals surface area (Å²) in [5.74, 6) is 0. The van der Waals surface area contributed by atoms with Crippen molar-refractivity contribution in [3.8, 4) is 11.3 Å². The largest absolute Gasteiger partial charge is 0.360 e. The third-order valence-electron chi connectivity index (χ3n) is 4.05. The molecule has 22 heavy (non-hydrogen) atoms. The van der Waals surface area contributed by atoms with Crippen molar-refractivity contribution < 1.29 is 5.21 Å². The molecule has 108 valence electrons. The molecule has 0 unspecified atom stereocenters. The Balaban J connectivity index is 1.95. The summed E-state index contributed by atoms with van der Waals surface area (Å²) >= 11 is 0. The Morgan fingerprint density at radius 2 is 1.86 bits per heavy atom. The van der Waals surface area contributed by atoms with Crippen LogP contribution >= 0.6 is 0 Å². The van der Waals surface area contributed by atoms with Crippen LogP contribution in [0.25, 0.3) is 33.1 Å². The number of hydrogen-bond acceptors (Lipinski definition) is 3. The number of nitrogens with zero attached hydrogens (tertiary/aromatic N) is 1. The van der Waals surface area contributed by atoms with Gasteiger partial charge in [0.1, 0.15) is 0 Å². The fourth-order valence-electron chi connectivity index (χ4n) is 2.92. The van der Waals surface area contributed by atoms with Crippen molar-refractivity contribution in [2.75, 3.05) is 5.48 Å². The Bertz CT molecular complexity index is 988. The smallest absolute Gasteiger partial charge is 0.0731 e. The van der Waals surface area contributed by atoms with Gasteiger partial charge in [-0.3, -0.25) is 10.7 Å². The van der Waals surface area contributed by atoms with Crippen LogP contribution in [0.15, 0.2) is 54.7 Å². The predicted octanol–water partition coefficient (Wildman–Crippen LogP) is 4.49. The first-order chi connectivity index (χ1) is 10.8. The zero-order chi connectivity index (χ0) is 15.1. The number of hydrogen-bond donors (Lipinski definition) is 3. The van der Waals surface area contributed by atoms with Crippen molar-refractivity contribution in [2.45, 2.75) is 6.92 Å². The zero-order valence-electron chi connectivity index (χ0n) is 12.1. The van der Waals surface area contributed by atoms with Crippen LogP contribution in [0.1, 0.15) is 5.56 Å². The summed E-state index contributed by atoms with van der Waals surface area (Å²) in [4.78, 5) is 8.07. The monoisotopic (exact) mass is 289 g/mol. The van der Waals surface area contributed by atoms with E-state index in [9.17, 15) is 5.21 Å². The molecule has 3 N–H and O–H groups in total. The van der Waals surface area contributed by atoms with E-state index in [1.165, 1.54) is 10.9 Å². The Morgan fingerprint density at radius 1 is 1.00 bits per heavy atom. The number of anilines is 1. The molecule has 0 atom stereocenters. The molecule has 4 nitrogen and oxygen atoms in total. The number of aromatic amines is 1. The number of rotatable bonds is 2. The lowest BCUT2D eigenvalue weighted by Crippen LogP contribution is -1.92. The van der Waals surface area contributed by atoms with Gasteiger partial charge in [0.25, 0.3) is 0 Å². The van der Waals surface area contributed by atoms with Crippen LogP contribution in [0.2, 0.25) is 0 Å². The number of nitrogens with one attached hydrogen (secondary N) is 2. The number of aryl methyl sites for hydroxylation is 1. The molecular formula is C18H15N3O. The maximum Gasteiger partial charge on any atom is 0.0731 e. The highest BCUT2D eigenvalue weighted by Gasteiger charge is 2.10. The van der Waals surface area contributed by atoms with Crippen molar-refractivity contribution in [3.05, 3.63) is 60.3 Å². The number of benzene rings is 2. The Hall–Kier alpha value is -2.85. The normalized spacial score (nSPS) is 11.2. The molecular weight excluding hydrogens is 274 g/mol. The van der Waals surface area contributed by atoms with Crippen LogP contribution in [-0.2, 0) is 0 Å². The Morgan fingerprint density at radius 3 is 2.73 bits per heavy atom. The third-order valence-corrected chi connectivity index (χ3v) is 4.05. The maximum absolute atomic E-state index is 9.18. The highest BCUT2D eigenvalue weighted by Crippen LogP contribution is 2.31. The summed E-state index contributed by atoms with van der Waals surface area (Å²) in [7, 11) is 0. The highest BCUT2D eigenvalue weighted by molar-refractivity contribution is 5.98. The average Bonchev–Trinajstić information content (AvgIpc) is 2.99. The Labute approximate surface area is 127 Å². The van der Waals surface area contributed by atoms with Crippen molar-refractivity contribution in [2.24, 2.45) is 0 Å². The summed E-state index contributed by atoms with van der Waals surface area (Å²) in [6.45, 7) is 2.09. The first kappa shape index (κ1) is 12.9.